The molecule has 1 aromatic carbocycles. The Morgan fingerprint density at radius 2 is 2.03 bits per heavy atom. The van der Waals surface area contributed by atoms with Gasteiger partial charge in [0.2, 0.25) is 5.17 Å². The largest absolute Gasteiger partial charge is 0.316 e. The molecular formula is C21H20ClN5OS. The van der Waals surface area contributed by atoms with Gasteiger partial charge in [0, 0.05) is 11.4 Å². The fourth-order valence-electron chi connectivity index (χ4n) is 3.44. The van der Waals surface area contributed by atoms with Crippen molar-refractivity contribution in [3.63, 3.8) is 0 Å². The standard InChI is InChI=1S/C21H20ClN5OS/c1-4-7-18-25-27-19(23)15(20(28)24-21(27)29-18)11-14-10-12(2)26(13(14)3)17-9-6-5-8-16(17)22/h5-6,8-11,23H,4,7H2,1-3H3/b15-11-,23-19?. The number of aliphatic imine (C=N–C) groups is 1. The Kier molecular flexibility index (Phi) is 5.19. The highest BCUT2D eigenvalue weighted by atomic mass is 35.5. The van der Waals surface area contributed by atoms with Crippen LogP contribution in [0, 0.1) is 19.3 Å². The van der Waals surface area contributed by atoms with Gasteiger partial charge in [-0.25, -0.2) is 0 Å². The highest BCUT2D eigenvalue weighted by Crippen LogP contribution is 2.31. The average molecular weight is 426 g/mol. The number of fused-ring (bicyclic) bond motifs is 1. The number of carbonyl (C=O) groups excluding carboxylic acids is 1. The molecule has 0 unspecified atom stereocenters. The maximum absolute atomic E-state index is 12.6. The molecule has 2 aromatic rings. The molecule has 4 rings (SSSR count). The van der Waals surface area contributed by atoms with Crippen molar-refractivity contribution in [2.75, 3.05) is 0 Å². The fraction of sp³-hybridized carbons (Fsp3) is 0.238. The minimum absolute atomic E-state index is 0.0566. The monoisotopic (exact) mass is 425 g/mol. The Hall–Kier alpha value is -2.64. The minimum Gasteiger partial charge on any atom is -0.316 e. The Balaban J connectivity index is 1.74. The summed E-state index contributed by atoms with van der Waals surface area (Å²) < 4.78 is 2.05. The smallest absolute Gasteiger partial charge is 0.283 e. The van der Waals surface area contributed by atoms with Gasteiger partial charge in [0.15, 0.2) is 5.84 Å². The van der Waals surface area contributed by atoms with Crippen molar-refractivity contribution in [2.45, 2.75) is 33.6 Å². The van der Waals surface area contributed by atoms with E-state index in [0.717, 1.165) is 40.5 Å². The number of aryl methyl sites for hydroxylation is 1. The number of hydrogen-bond donors (Lipinski definition) is 1. The molecule has 3 heterocycles. The first-order valence-corrected chi connectivity index (χ1v) is 10.5. The summed E-state index contributed by atoms with van der Waals surface area (Å²) in [7, 11) is 0. The molecule has 0 bridgehead atoms. The Morgan fingerprint density at radius 3 is 2.76 bits per heavy atom. The molecule has 0 saturated carbocycles. The van der Waals surface area contributed by atoms with Gasteiger partial charge in [-0.1, -0.05) is 30.7 Å². The zero-order valence-corrected chi connectivity index (χ0v) is 17.9. The summed E-state index contributed by atoms with van der Waals surface area (Å²) in [6.07, 6.45) is 3.48. The number of amides is 1. The van der Waals surface area contributed by atoms with Crippen LogP contribution in [0.1, 0.15) is 36.7 Å². The van der Waals surface area contributed by atoms with Gasteiger partial charge in [-0.3, -0.25) is 10.2 Å². The number of benzene rings is 1. The first-order chi connectivity index (χ1) is 13.9. The lowest BCUT2D eigenvalue weighted by molar-refractivity contribution is -0.114. The van der Waals surface area contributed by atoms with Crippen molar-refractivity contribution in [3.05, 3.63) is 57.9 Å². The van der Waals surface area contributed by atoms with Crippen molar-refractivity contribution in [1.82, 2.24) is 9.58 Å². The summed E-state index contributed by atoms with van der Waals surface area (Å²) >= 11 is 7.75. The minimum atomic E-state index is -0.413. The van der Waals surface area contributed by atoms with Gasteiger partial charge >= 0.3 is 0 Å². The van der Waals surface area contributed by atoms with Crippen molar-refractivity contribution < 1.29 is 4.79 Å². The number of halogens is 1. The molecule has 0 saturated heterocycles. The Morgan fingerprint density at radius 1 is 1.28 bits per heavy atom. The SMILES string of the molecule is CCCC1=NN2C(=N)/C(=C/c3cc(C)n(-c4ccccc4Cl)c3C)C(=O)N=C2S1. The van der Waals surface area contributed by atoms with Crippen LogP contribution in [0.5, 0.6) is 0 Å². The predicted molar refractivity (Wildman–Crippen MR) is 120 cm³/mol. The number of nitrogens with zero attached hydrogens (tertiary/aromatic N) is 4. The molecule has 29 heavy (non-hydrogen) atoms. The molecule has 0 fully saturated rings. The lowest BCUT2D eigenvalue weighted by Gasteiger charge is -2.20. The first-order valence-electron chi connectivity index (χ1n) is 9.33. The number of thioether (sulfide) groups is 1. The number of rotatable bonds is 4. The predicted octanol–water partition coefficient (Wildman–Crippen LogP) is 5.17. The van der Waals surface area contributed by atoms with Crippen LogP contribution in [0.3, 0.4) is 0 Å². The van der Waals surface area contributed by atoms with E-state index in [9.17, 15) is 4.79 Å². The van der Waals surface area contributed by atoms with Gasteiger partial charge in [0.1, 0.15) is 5.04 Å². The Labute approximate surface area is 178 Å². The number of aromatic nitrogens is 1. The quantitative estimate of drug-likeness (QED) is 0.687. The fourth-order valence-corrected chi connectivity index (χ4v) is 4.65. The number of amidine groups is 2. The molecule has 2 aliphatic heterocycles. The molecule has 0 atom stereocenters. The molecule has 1 N–H and O–H groups in total. The van der Waals surface area contributed by atoms with Gasteiger partial charge in [-0.05, 0) is 68.3 Å². The Bertz CT molecular complexity index is 1130. The molecule has 1 aromatic heterocycles. The zero-order chi connectivity index (χ0) is 20.7. The lowest BCUT2D eigenvalue weighted by atomic mass is 10.1. The normalized spacial score (nSPS) is 17.7. The highest BCUT2D eigenvalue weighted by Gasteiger charge is 2.35. The third-order valence-electron chi connectivity index (χ3n) is 4.82. The van der Waals surface area contributed by atoms with E-state index >= 15 is 0 Å². The molecule has 2 aliphatic rings. The molecule has 6 nitrogen and oxygen atoms in total. The van der Waals surface area contributed by atoms with Crippen molar-refractivity contribution >= 4 is 51.4 Å². The first kappa shape index (κ1) is 19.7. The van der Waals surface area contributed by atoms with Crippen LogP contribution < -0.4 is 0 Å². The second-order valence-corrected chi connectivity index (χ2v) is 8.32. The van der Waals surface area contributed by atoms with Crippen LogP contribution in [0.25, 0.3) is 11.8 Å². The molecule has 148 valence electrons. The number of hydrogen-bond acceptors (Lipinski definition) is 4. The highest BCUT2D eigenvalue weighted by molar-refractivity contribution is 8.26. The average Bonchev–Trinajstić information content (AvgIpc) is 3.20. The molecule has 0 aliphatic carbocycles. The summed E-state index contributed by atoms with van der Waals surface area (Å²) in [4.78, 5) is 16.8. The second kappa shape index (κ2) is 7.65. The zero-order valence-electron chi connectivity index (χ0n) is 16.4. The van der Waals surface area contributed by atoms with E-state index in [0.29, 0.717) is 10.2 Å². The second-order valence-electron chi connectivity index (χ2n) is 6.88. The number of carbonyl (C=O) groups is 1. The van der Waals surface area contributed by atoms with Gasteiger partial charge in [0.05, 0.1) is 16.3 Å². The lowest BCUT2D eigenvalue weighted by Crippen LogP contribution is -2.35. The van der Waals surface area contributed by atoms with Crippen LogP contribution >= 0.6 is 23.4 Å². The third kappa shape index (κ3) is 3.45. The molecule has 8 heteroatoms. The van der Waals surface area contributed by atoms with Crippen molar-refractivity contribution in [3.8, 4) is 5.69 Å². The molecular weight excluding hydrogens is 406 g/mol. The number of para-hydroxylation sites is 1. The summed E-state index contributed by atoms with van der Waals surface area (Å²) in [6, 6.07) is 9.61. The third-order valence-corrected chi connectivity index (χ3v) is 6.11. The van der Waals surface area contributed by atoms with Crippen LogP contribution in [-0.2, 0) is 4.79 Å². The van der Waals surface area contributed by atoms with E-state index in [2.05, 4.69) is 17.0 Å². The van der Waals surface area contributed by atoms with E-state index in [1.165, 1.54) is 16.8 Å². The van der Waals surface area contributed by atoms with E-state index in [4.69, 9.17) is 17.0 Å². The molecule has 0 radical (unpaired) electrons. The van der Waals surface area contributed by atoms with E-state index in [-0.39, 0.29) is 11.4 Å². The summed E-state index contributed by atoms with van der Waals surface area (Å²) in [5, 5.41) is 16.4. The summed E-state index contributed by atoms with van der Waals surface area (Å²) in [5.41, 5.74) is 3.88. The van der Waals surface area contributed by atoms with E-state index in [1.807, 2.05) is 48.7 Å². The van der Waals surface area contributed by atoms with Crippen LogP contribution in [-0.4, -0.2) is 31.5 Å². The van der Waals surface area contributed by atoms with E-state index < -0.39 is 5.91 Å². The van der Waals surface area contributed by atoms with E-state index in [1.54, 1.807) is 6.08 Å². The molecule has 1 amide bonds. The summed E-state index contributed by atoms with van der Waals surface area (Å²) in [6.45, 7) is 6.03. The van der Waals surface area contributed by atoms with Crippen molar-refractivity contribution in [1.29, 1.82) is 5.41 Å². The van der Waals surface area contributed by atoms with Crippen LogP contribution in [0.15, 0.2) is 46.0 Å². The van der Waals surface area contributed by atoms with Crippen LogP contribution in [0.4, 0.5) is 0 Å². The van der Waals surface area contributed by atoms with Gasteiger partial charge in [0.25, 0.3) is 5.91 Å². The van der Waals surface area contributed by atoms with Gasteiger partial charge in [-0.15, -0.1) is 0 Å². The van der Waals surface area contributed by atoms with Crippen molar-refractivity contribution in [2.24, 2.45) is 10.1 Å². The maximum atomic E-state index is 12.6. The topological polar surface area (TPSA) is 73.8 Å². The maximum Gasteiger partial charge on any atom is 0.283 e. The number of nitrogens with one attached hydrogen (secondary N) is 1. The molecule has 0 spiro atoms. The van der Waals surface area contributed by atoms with Crippen LogP contribution in [0.2, 0.25) is 5.02 Å². The summed E-state index contributed by atoms with van der Waals surface area (Å²) in [5.74, 6) is -0.356. The number of hydrazone groups is 1. The van der Waals surface area contributed by atoms with Gasteiger partial charge < -0.3 is 4.57 Å². The van der Waals surface area contributed by atoms with Gasteiger partial charge in [-0.2, -0.15) is 15.1 Å².